The topological polar surface area (TPSA) is 56.0 Å². The van der Waals surface area contributed by atoms with E-state index in [-0.39, 0.29) is 5.91 Å². The maximum Gasteiger partial charge on any atom is 0.257 e. The number of rotatable bonds is 4. The molecule has 3 rings (SSSR count). The molecule has 1 amide bonds. The van der Waals surface area contributed by atoms with E-state index in [9.17, 15) is 4.79 Å². The summed E-state index contributed by atoms with van der Waals surface area (Å²) < 4.78 is 3.60. The Morgan fingerprint density at radius 1 is 1.08 bits per heavy atom. The summed E-state index contributed by atoms with van der Waals surface area (Å²) in [5, 5.41) is 8.90. The molecule has 0 radical (unpaired) electrons. The van der Waals surface area contributed by atoms with Gasteiger partial charge in [-0.3, -0.25) is 9.48 Å². The molecule has 2 aromatic heterocycles. The summed E-state index contributed by atoms with van der Waals surface area (Å²) in [6.45, 7) is 6.29. The predicted molar refractivity (Wildman–Crippen MR) is 96.8 cm³/mol. The summed E-state index contributed by atoms with van der Waals surface area (Å²) in [4.78, 5) is 14.7. The Hall–Kier alpha value is -2.89. The molecule has 0 unspecified atom stereocenters. The molecule has 6 nitrogen and oxygen atoms in total. The Morgan fingerprint density at radius 3 is 2.36 bits per heavy atom. The molecule has 0 N–H and O–H groups in total. The molecule has 0 aliphatic rings. The Kier molecular flexibility index (Phi) is 4.44. The van der Waals surface area contributed by atoms with Crippen LogP contribution in [-0.4, -0.2) is 37.4 Å². The van der Waals surface area contributed by atoms with Crippen molar-refractivity contribution in [3.05, 3.63) is 64.7 Å². The fourth-order valence-electron chi connectivity index (χ4n) is 3.09. The van der Waals surface area contributed by atoms with Crippen molar-refractivity contribution in [1.82, 2.24) is 24.5 Å². The molecule has 0 aliphatic heterocycles. The van der Waals surface area contributed by atoms with Gasteiger partial charge >= 0.3 is 0 Å². The van der Waals surface area contributed by atoms with Crippen LogP contribution in [0, 0.1) is 20.8 Å². The van der Waals surface area contributed by atoms with Gasteiger partial charge in [0.25, 0.3) is 5.91 Å². The lowest BCUT2D eigenvalue weighted by Gasteiger charge is -2.17. The summed E-state index contributed by atoms with van der Waals surface area (Å²) in [6, 6.07) is 9.85. The largest absolute Gasteiger partial charge is 0.337 e. The number of carbonyl (C=O) groups is 1. The average Bonchev–Trinajstić information content (AvgIpc) is 3.05. The molecule has 1 aromatic carbocycles. The predicted octanol–water partition coefficient (Wildman–Crippen LogP) is 2.80. The minimum atomic E-state index is -0.0274. The molecular formula is C19H23N5O. The van der Waals surface area contributed by atoms with Gasteiger partial charge in [-0.25, -0.2) is 4.68 Å². The van der Waals surface area contributed by atoms with E-state index < -0.39 is 0 Å². The zero-order chi connectivity index (χ0) is 18.1. The summed E-state index contributed by atoms with van der Waals surface area (Å²) >= 11 is 0. The number of carbonyl (C=O) groups excluding carboxylic acids is 1. The zero-order valence-corrected chi connectivity index (χ0v) is 15.3. The lowest BCUT2D eigenvalue weighted by Crippen LogP contribution is -2.27. The summed E-state index contributed by atoms with van der Waals surface area (Å²) in [5.41, 5.74) is 5.19. The third-order valence-electron chi connectivity index (χ3n) is 4.38. The number of aromatic nitrogens is 4. The molecule has 0 saturated heterocycles. The van der Waals surface area contributed by atoms with Crippen LogP contribution in [0.25, 0.3) is 5.69 Å². The highest BCUT2D eigenvalue weighted by atomic mass is 16.2. The number of benzene rings is 1. The van der Waals surface area contributed by atoms with Gasteiger partial charge < -0.3 is 4.90 Å². The number of aryl methyl sites for hydroxylation is 3. The second-order valence-corrected chi connectivity index (χ2v) is 6.37. The first-order valence-electron chi connectivity index (χ1n) is 8.24. The maximum atomic E-state index is 13.0. The standard InChI is InChI=1S/C19H23N5O/c1-13-16(12-23(5)20-13)11-22(4)19(25)18-14(2)21-24(15(18)3)17-9-7-6-8-10-17/h6-10,12H,11H2,1-5H3. The van der Waals surface area contributed by atoms with Gasteiger partial charge in [-0.2, -0.15) is 10.2 Å². The monoisotopic (exact) mass is 337 g/mol. The SMILES string of the molecule is Cc1nn(C)cc1CN(C)C(=O)c1c(C)nn(-c2ccccc2)c1C. The highest BCUT2D eigenvalue weighted by Crippen LogP contribution is 2.20. The summed E-state index contributed by atoms with van der Waals surface area (Å²) in [5.74, 6) is -0.0274. The molecule has 0 spiro atoms. The molecule has 3 aromatic rings. The molecule has 2 heterocycles. The lowest BCUT2D eigenvalue weighted by atomic mass is 10.1. The minimum absolute atomic E-state index is 0.0274. The van der Waals surface area contributed by atoms with Crippen molar-refractivity contribution in [2.75, 3.05) is 7.05 Å². The average molecular weight is 337 g/mol. The Bertz CT molecular complexity index is 908. The molecule has 25 heavy (non-hydrogen) atoms. The minimum Gasteiger partial charge on any atom is -0.337 e. The Labute approximate surface area is 147 Å². The maximum absolute atomic E-state index is 13.0. The van der Waals surface area contributed by atoms with E-state index >= 15 is 0 Å². The van der Waals surface area contributed by atoms with Crippen LogP contribution < -0.4 is 0 Å². The third kappa shape index (κ3) is 3.20. The summed E-state index contributed by atoms with van der Waals surface area (Å²) in [7, 11) is 3.70. The smallest absolute Gasteiger partial charge is 0.257 e. The molecule has 0 atom stereocenters. The molecule has 0 aliphatic carbocycles. The van der Waals surface area contributed by atoms with Gasteiger partial charge in [-0.15, -0.1) is 0 Å². The molecule has 0 bridgehead atoms. The van der Waals surface area contributed by atoms with Crippen LogP contribution in [0.1, 0.15) is 33.0 Å². The van der Waals surface area contributed by atoms with Gasteiger partial charge in [0.15, 0.2) is 0 Å². The van der Waals surface area contributed by atoms with Gasteiger partial charge in [0.1, 0.15) is 0 Å². The van der Waals surface area contributed by atoms with Gasteiger partial charge in [-0.1, -0.05) is 18.2 Å². The molecule has 0 saturated carbocycles. The van der Waals surface area contributed by atoms with Crippen LogP contribution in [-0.2, 0) is 13.6 Å². The van der Waals surface area contributed by atoms with Crippen LogP contribution in [0.2, 0.25) is 0 Å². The lowest BCUT2D eigenvalue weighted by molar-refractivity contribution is 0.0783. The Balaban J connectivity index is 1.89. The Morgan fingerprint density at radius 2 is 1.76 bits per heavy atom. The quantitative estimate of drug-likeness (QED) is 0.735. The first-order chi connectivity index (χ1) is 11.9. The van der Waals surface area contributed by atoms with Crippen LogP contribution in [0.15, 0.2) is 36.5 Å². The number of hydrogen-bond acceptors (Lipinski definition) is 3. The molecular weight excluding hydrogens is 314 g/mol. The van der Waals surface area contributed by atoms with E-state index in [1.54, 1.807) is 9.58 Å². The van der Waals surface area contributed by atoms with Gasteiger partial charge in [-0.05, 0) is 32.9 Å². The number of nitrogens with zero attached hydrogens (tertiary/aromatic N) is 5. The van der Waals surface area contributed by atoms with Gasteiger partial charge in [0.2, 0.25) is 0 Å². The van der Waals surface area contributed by atoms with Crippen molar-refractivity contribution in [2.24, 2.45) is 7.05 Å². The first-order valence-corrected chi connectivity index (χ1v) is 8.24. The molecule has 0 fully saturated rings. The van der Waals surface area contributed by atoms with E-state index in [4.69, 9.17) is 0 Å². The highest BCUT2D eigenvalue weighted by molar-refractivity contribution is 5.96. The fourth-order valence-corrected chi connectivity index (χ4v) is 3.09. The third-order valence-corrected chi connectivity index (χ3v) is 4.38. The van der Waals surface area contributed by atoms with E-state index in [2.05, 4.69) is 10.2 Å². The van der Waals surface area contributed by atoms with Crippen molar-refractivity contribution in [2.45, 2.75) is 27.3 Å². The van der Waals surface area contributed by atoms with E-state index in [0.29, 0.717) is 12.1 Å². The van der Waals surface area contributed by atoms with E-state index in [0.717, 1.165) is 28.3 Å². The normalized spacial score (nSPS) is 10.9. The second-order valence-electron chi connectivity index (χ2n) is 6.37. The van der Waals surface area contributed by atoms with Crippen LogP contribution >= 0.6 is 0 Å². The van der Waals surface area contributed by atoms with Crippen LogP contribution in [0.5, 0.6) is 0 Å². The van der Waals surface area contributed by atoms with E-state index in [1.807, 2.05) is 76.1 Å². The first kappa shape index (κ1) is 17.0. The van der Waals surface area contributed by atoms with Crippen molar-refractivity contribution < 1.29 is 4.79 Å². The number of para-hydroxylation sites is 1. The van der Waals surface area contributed by atoms with Crippen LogP contribution in [0.4, 0.5) is 0 Å². The fraction of sp³-hybridized carbons (Fsp3) is 0.316. The van der Waals surface area contributed by atoms with Crippen molar-refractivity contribution in [3.8, 4) is 5.69 Å². The summed E-state index contributed by atoms with van der Waals surface area (Å²) in [6.07, 6.45) is 1.95. The van der Waals surface area contributed by atoms with Crippen LogP contribution in [0.3, 0.4) is 0 Å². The van der Waals surface area contributed by atoms with Gasteiger partial charge in [0, 0.05) is 32.4 Å². The zero-order valence-electron chi connectivity index (χ0n) is 15.3. The molecule has 130 valence electrons. The second kappa shape index (κ2) is 6.55. The number of hydrogen-bond donors (Lipinski definition) is 0. The van der Waals surface area contributed by atoms with Crippen molar-refractivity contribution in [1.29, 1.82) is 0 Å². The van der Waals surface area contributed by atoms with Crippen molar-refractivity contribution in [3.63, 3.8) is 0 Å². The van der Waals surface area contributed by atoms with E-state index in [1.165, 1.54) is 0 Å². The highest BCUT2D eigenvalue weighted by Gasteiger charge is 2.23. The van der Waals surface area contributed by atoms with Crippen molar-refractivity contribution >= 4 is 5.91 Å². The number of amides is 1. The van der Waals surface area contributed by atoms with Gasteiger partial charge in [0.05, 0.1) is 28.3 Å². The molecule has 6 heteroatoms.